The molecule has 2 rings (SSSR count). The van der Waals surface area contributed by atoms with Crippen LogP contribution in [0, 0.1) is 13.8 Å². The highest BCUT2D eigenvalue weighted by Gasteiger charge is 2.00. The Morgan fingerprint density at radius 2 is 1.69 bits per heavy atom. The fraction of sp³-hybridized carbons (Fsp3) is 0.200. The van der Waals surface area contributed by atoms with E-state index in [1.54, 1.807) is 0 Å². The molecular formula is C15H17B. The minimum absolute atomic E-state index is 1.04. The van der Waals surface area contributed by atoms with Crippen molar-refractivity contribution < 1.29 is 0 Å². The first-order chi connectivity index (χ1) is 7.66. The number of aryl methyl sites for hydroxylation is 2. The maximum absolute atomic E-state index is 2.29. The molecule has 0 saturated carbocycles. The van der Waals surface area contributed by atoms with Gasteiger partial charge in [-0.1, -0.05) is 53.5 Å². The standard InChI is InChI=1S/C15H17B/c1-11-5-3-4-6-14(11)10-13-7-8-15(16)12(2)9-13/h3-9H,10,16H2,1-2H3. The van der Waals surface area contributed by atoms with Gasteiger partial charge < -0.3 is 0 Å². The number of benzene rings is 2. The van der Waals surface area contributed by atoms with E-state index in [2.05, 4.69) is 64.2 Å². The first-order valence-electron chi connectivity index (χ1n) is 5.77. The van der Waals surface area contributed by atoms with Crippen molar-refractivity contribution in [3.05, 3.63) is 64.7 Å². The Kier molecular flexibility index (Phi) is 3.14. The third kappa shape index (κ3) is 2.36. The van der Waals surface area contributed by atoms with E-state index >= 15 is 0 Å². The van der Waals surface area contributed by atoms with E-state index in [1.807, 2.05) is 0 Å². The van der Waals surface area contributed by atoms with Crippen molar-refractivity contribution in [1.29, 1.82) is 0 Å². The molecule has 0 unspecified atom stereocenters. The Balaban J connectivity index is 2.28. The van der Waals surface area contributed by atoms with Crippen molar-refractivity contribution in [3.8, 4) is 0 Å². The zero-order chi connectivity index (χ0) is 11.5. The van der Waals surface area contributed by atoms with E-state index in [4.69, 9.17) is 0 Å². The van der Waals surface area contributed by atoms with Crippen molar-refractivity contribution in [2.45, 2.75) is 20.3 Å². The number of rotatable bonds is 2. The van der Waals surface area contributed by atoms with Gasteiger partial charge in [-0.15, -0.1) is 0 Å². The lowest BCUT2D eigenvalue weighted by molar-refractivity contribution is 1.15. The molecule has 0 aliphatic heterocycles. The van der Waals surface area contributed by atoms with E-state index in [0.717, 1.165) is 6.42 Å². The molecule has 0 N–H and O–H groups in total. The average Bonchev–Trinajstić information content (AvgIpc) is 2.27. The second-order valence-corrected chi connectivity index (χ2v) is 4.52. The van der Waals surface area contributed by atoms with Crippen molar-refractivity contribution in [3.63, 3.8) is 0 Å². The highest BCUT2D eigenvalue weighted by Crippen LogP contribution is 2.13. The molecule has 1 heteroatoms. The summed E-state index contributed by atoms with van der Waals surface area (Å²) in [5, 5.41) is 0. The molecule has 2 aromatic carbocycles. The topological polar surface area (TPSA) is 0 Å². The monoisotopic (exact) mass is 208 g/mol. The summed E-state index contributed by atoms with van der Waals surface area (Å²) in [6, 6.07) is 15.3. The molecule has 0 spiro atoms. The first-order valence-corrected chi connectivity index (χ1v) is 5.77. The summed E-state index contributed by atoms with van der Waals surface area (Å²) in [6.07, 6.45) is 1.04. The molecule has 80 valence electrons. The summed E-state index contributed by atoms with van der Waals surface area (Å²) in [6.45, 7) is 4.35. The summed E-state index contributed by atoms with van der Waals surface area (Å²) < 4.78 is 0. The van der Waals surface area contributed by atoms with Gasteiger partial charge in [0.2, 0.25) is 0 Å². The van der Waals surface area contributed by atoms with Crippen molar-refractivity contribution in [2.24, 2.45) is 0 Å². The van der Waals surface area contributed by atoms with Gasteiger partial charge in [0.05, 0.1) is 0 Å². The maximum atomic E-state index is 2.29. The zero-order valence-electron chi connectivity index (χ0n) is 10.2. The Morgan fingerprint density at radius 1 is 0.938 bits per heavy atom. The fourth-order valence-electron chi connectivity index (χ4n) is 1.94. The van der Waals surface area contributed by atoms with Crippen molar-refractivity contribution >= 4 is 13.3 Å². The van der Waals surface area contributed by atoms with Gasteiger partial charge in [-0.05, 0) is 37.0 Å². The lowest BCUT2D eigenvalue weighted by Gasteiger charge is -2.08. The van der Waals surface area contributed by atoms with Gasteiger partial charge in [0, 0.05) is 0 Å². The van der Waals surface area contributed by atoms with E-state index < -0.39 is 0 Å². The Labute approximate surface area is 98.7 Å². The van der Waals surface area contributed by atoms with E-state index in [1.165, 1.54) is 27.7 Å². The lowest BCUT2D eigenvalue weighted by atomic mass is 9.89. The predicted molar refractivity (Wildman–Crippen MR) is 73.3 cm³/mol. The Bertz CT molecular complexity index is 501. The van der Waals surface area contributed by atoms with Crippen LogP contribution in [0.3, 0.4) is 0 Å². The zero-order valence-corrected chi connectivity index (χ0v) is 10.2. The largest absolute Gasteiger partial charge is 0.139 e. The van der Waals surface area contributed by atoms with Crippen LogP contribution in [0.25, 0.3) is 0 Å². The van der Waals surface area contributed by atoms with Crippen molar-refractivity contribution in [2.75, 3.05) is 0 Å². The molecule has 0 aliphatic rings. The van der Waals surface area contributed by atoms with Crippen LogP contribution in [0.4, 0.5) is 0 Å². The normalized spacial score (nSPS) is 10.4. The number of hydrogen-bond donors (Lipinski definition) is 0. The molecular weight excluding hydrogens is 191 g/mol. The fourth-order valence-corrected chi connectivity index (χ4v) is 1.94. The third-order valence-electron chi connectivity index (χ3n) is 3.23. The lowest BCUT2D eigenvalue weighted by Crippen LogP contribution is -2.07. The van der Waals surface area contributed by atoms with Gasteiger partial charge in [0.15, 0.2) is 0 Å². The van der Waals surface area contributed by atoms with E-state index in [-0.39, 0.29) is 0 Å². The molecule has 0 radical (unpaired) electrons. The summed E-state index contributed by atoms with van der Waals surface area (Å²) in [5.41, 5.74) is 6.95. The summed E-state index contributed by atoms with van der Waals surface area (Å²) >= 11 is 0. The van der Waals surface area contributed by atoms with Crippen LogP contribution in [-0.2, 0) is 6.42 Å². The minimum Gasteiger partial charge on any atom is -0.0861 e. The molecule has 0 amide bonds. The summed E-state index contributed by atoms with van der Waals surface area (Å²) in [5.74, 6) is 0. The van der Waals surface area contributed by atoms with Crippen LogP contribution in [0.15, 0.2) is 42.5 Å². The molecule has 0 bridgehead atoms. The van der Waals surface area contributed by atoms with Gasteiger partial charge in [-0.3, -0.25) is 0 Å². The van der Waals surface area contributed by atoms with Crippen LogP contribution in [0.2, 0.25) is 0 Å². The summed E-state index contributed by atoms with van der Waals surface area (Å²) in [7, 11) is 2.16. The third-order valence-corrected chi connectivity index (χ3v) is 3.23. The average molecular weight is 208 g/mol. The van der Waals surface area contributed by atoms with Gasteiger partial charge in [-0.2, -0.15) is 0 Å². The van der Waals surface area contributed by atoms with E-state index in [0.29, 0.717) is 0 Å². The van der Waals surface area contributed by atoms with Crippen LogP contribution in [0.5, 0.6) is 0 Å². The van der Waals surface area contributed by atoms with E-state index in [9.17, 15) is 0 Å². The van der Waals surface area contributed by atoms with Gasteiger partial charge in [0.25, 0.3) is 0 Å². The molecule has 0 aromatic heterocycles. The van der Waals surface area contributed by atoms with Crippen molar-refractivity contribution in [1.82, 2.24) is 0 Å². The molecule has 0 nitrogen and oxygen atoms in total. The van der Waals surface area contributed by atoms with Crippen LogP contribution in [0.1, 0.15) is 22.3 Å². The quantitative estimate of drug-likeness (QED) is 0.663. The Hall–Kier alpha value is -1.50. The first kappa shape index (κ1) is 11.0. The minimum atomic E-state index is 1.04. The molecule has 0 aliphatic carbocycles. The Morgan fingerprint density at radius 3 is 2.38 bits per heavy atom. The smallest absolute Gasteiger partial charge is 0.0861 e. The van der Waals surface area contributed by atoms with Crippen LogP contribution in [-0.4, -0.2) is 7.85 Å². The van der Waals surface area contributed by atoms with Crippen LogP contribution >= 0.6 is 0 Å². The summed E-state index contributed by atoms with van der Waals surface area (Å²) in [4.78, 5) is 0. The predicted octanol–water partition coefficient (Wildman–Crippen LogP) is 2.15. The van der Waals surface area contributed by atoms with Gasteiger partial charge >= 0.3 is 0 Å². The molecule has 0 fully saturated rings. The SMILES string of the molecule is Bc1ccc(Cc2ccccc2C)cc1C. The molecule has 2 aromatic rings. The molecule has 16 heavy (non-hydrogen) atoms. The second-order valence-electron chi connectivity index (χ2n) is 4.52. The van der Waals surface area contributed by atoms with Gasteiger partial charge in [-0.25, -0.2) is 0 Å². The molecule has 0 saturated heterocycles. The van der Waals surface area contributed by atoms with Crippen LogP contribution < -0.4 is 5.46 Å². The number of hydrogen-bond acceptors (Lipinski definition) is 0. The molecule has 0 atom stereocenters. The highest BCUT2D eigenvalue weighted by molar-refractivity contribution is 6.33. The maximum Gasteiger partial charge on any atom is 0.139 e. The highest BCUT2D eigenvalue weighted by atomic mass is 14.0. The second kappa shape index (κ2) is 4.57. The molecule has 0 heterocycles. The van der Waals surface area contributed by atoms with Gasteiger partial charge in [0.1, 0.15) is 7.85 Å².